The van der Waals surface area contributed by atoms with E-state index in [4.69, 9.17) is 0 Å². The van der Waals surface area contributed by atoms with E-state index in [1.165, 1.54) is 20.2 Å². The monoisotopic (exact) mass is 335 g/mol. The molecule has 0 aromatic carbocycles. The summed E-state index contributed by atoms with van der Waals surface area (Å²) in [5.74, 6) is 0.737. The third-order valence-electron chi connectivity index (χ3n) is 2.96. The average Bonchev–Trinajstić information content (AvgIpc) is 2.70. The summed E-state index contributed by atoms with van der Waals surface area (Å²) in [7, 11) is -3.80. The van der Waals surface area contributed by atoms with Gasteiger partial charge in [-0.3, -0.25) is 4.72 Å². The Hall–Kier alpha value is -1.46. The van der Waals surface area contributed by atoms with Gasteiger partial charge in [0.25, 0.3) is 0 Å². The molecular weight excluding hydrogens is 318 g/mol. The predicted molar refractivity (Wildman–Crippen MR) is 78.9 cm³/mol. The van der Waals surface area contributed by atoms with E-state index in [1.807, 2.05) is 0 Å². The molecule has 0 spiro atoms. The molecule has 1 aliphatic rings. The van der Waals surface area contributed by atoms with Crippen LogP contribution in [0.4, 0.5) is 11.6 Å². The van der Waals surface area contributed by atoms with Crippen molar-refractivity contribution in [2.45, 2.75) is 12.5 Å². The minimum atomic E-state index is -3.62. The van der Waals surface area contributed by atoms with Crippen molar-refractivity contribution < 1.29 is 16.8 Å². The highest BCUT2D eigenvalue weighted by molar-refractivity contribution is 7.91. The predicted octanol–water partition coefficient (Wildman–Crippen LogP) is -0.706. The molecule has 21 heavy (non-hydrogen) atoms. The summed E-state index contributed by atoms with van der Waals surface area (Å²) >= 11 is 0. The Morgan fingerprint density at radius 2 is 1.86 bits per heavy atom. The van der Waals surface area contributed by atoms with E-state index in [0.29, 0.717) is 12.2 Å². The first kappa shape index (κ1) is 15.9. The second kappa shape index (κ2) is 5.73. The number of anilines is 2. The van der Waals surface area contributed by atoms with Crippen molar-refractivity contribution >= 4 is 31.7 Å². The van der Waals surface area contributed by atoms with E-state index in [2.05, 4.69) is 20.2 Å². The van der Waals surface area contributed by atoms with Crippen LogP contribution < -0.4 is 10.0 Å². The van der Waals surface area contributed by atoms with Crippen LogP contribution in [0.1, 0.15) is 6.42 Å². The summed E-state index contributed by atoms with van der Waals surface area (Å²) < 4.78 is 49.2. The maximum Gasteiger partial charge on any atom is 0.302 e. The number of sulfone groups is 1. The summed E-state index contributed by atoms with van der Waals surface area (Å²) in [5, 5.41) is 10.5. The molecule has 1 atom stereocenters. The molecule has 0 bridgehead atoms. The van der Waals surface area contributed by atoms with Crippen molar-refractivity contribution in [3.8, 4) is 0 Å². The Morgan fingerprint density at radius 1 is 1.24 bits per heavy atom. The van der Waals surface area contributed by atoms with E-state index in [-0.39, 0.29) is 23.4 Å². The highest BCUT2D eigenvalue weighted by Crippen LogP contribution is 2.16. The third-order valence-corrected chi connectivity index (χ3v) is 6.16. The smallest absolute Gasteiger partial charge is 0.302 e. The summed E-state index contributed by atoms with van der Waals surface area (Å²) in [6.45, 7) is 0. The molecule has 2 N–H and O–H groups in total. The minimum absolute atomic E-state index is 0.0731. The molecule has 1 aliphatic heterocycles. The summed E-state index contributed by atoms with van der Waals surface area (Å²) in [6, 6.07) is 2.82. The SMILES string of the molecule is CN(C)S(=O)(=O)Nc1ccc(NC2CCS(=O)(=O)C2)nn1. The van der Waals surface area contributed by atoms with Gasteiger partial charge < -0.3 is 5.32 Å². The van der Waals surface area contributed by atoms with Crippen molar-refractivity contribution in [2.24, 2.45) is 0 Å². The number of hydrogen-bond donors (Lipinski definition) is 2. The van der Waals surface area contributed by atoms with E-state index in [0.717, 1.165) is 4.31 Å². The molecule has 1 saturated heterocycles. The van der Waals surface area contributed by atoms with Crippen molar-refractivity contribution in [3.63, 3.8) is 0 Å². The topological polar surface area (TPSA) is 121 Å². The molecule has 1 aromatic rings. The van der Waals surface area contributed by atoms with Gasteiger partial charge in [0.2, 0.25) is 0 Å². The number of nitrogens with one attached hydrogen (secondary N) is 2. The maximum atomic E-state index is 11.6. The Labute approximate surface area is 123 Å². The molecule has 0 amide bonds. The quantitative estimate of drug-likeness (QED) is 0.729. The van der Waals surface area contributed by atoms with Crippen molar-refractivity contribution in [2.75, 3.05) is 35.6 Å². The van der Waals surface area contributed by atoms with E-state index >= 15 is 0 Å². The normalized spacial score (nSPS) is 21.4. The molecule has 1 aromatic heterocycles. The number of aromatic nitrogens is 2. The largest absolute Gasteiger partial charge is 0.365 e. The zero-order valence-electron chi connectivity index (χ0n) is 11.6. The van der Waals surface area contributed by atoms with Gasteiger partial charge in [-0.1, -0.05) is 0 Å². The van der Waals surface area contributed by atoms with Gasteiger partial charge in [-0.05, 0) is 18.6 Å². The van der Waals surface area contributed by atoms with Crippen LogP contribution in [-0.4, -0.2) is 63.0 Å². The first-order valence-corrected chi connectivity index (χ1v) is 9.45. The first-order valence-electron chi connectivity index (χ1n) is 6.19. The second-order valence-corrected chi connectivity index (χ2v) is 9.05. The van der Waals surface area contributed by atoms with Gasteiger partial charge in [0.05, 0.1) is 11.5 Å². The molecule has 118 valence electrons. The highest BCUT2D eigenvalue weighted by atomic mass is 32.2. The number of hydrogen-bond acceptors (Lipinski definition) is 7. The molecule has 9 nitrogen and oxygen atoms in total. The van der Waals surface area contributed by atoms with Crippen LogP contribution >= 0.6 is 0 Å². The lowest BCUT2D eigenvalue weighted by atomic mass is 10.2. The Bertz CT molecular complexity index is 699. The van der Waals surface area contributed by atoms with E-state index in [9.17, 15) is 16.8 Å². The van der Waals surface area contributed by atoms with Crippen LogP contribution in [0.2, 0.25) is 0 Å². The van der Waals surface area contributed by atoms with Crippen molar-refractivity contribution in [1.82, 2.24) is 14.5 Å². The highest BCUT2D eigenvalue weighted by Gasteiger charge is 2.28. The Kier molecular flexibility index (Phi) is 4.35. The summed E-state index contributed by atoms with van der Waals surface area (Å²) in [4.78, 5) is 0. The first-order chi connectivity index (χ1) is 9.68. The fourth-order valence-corrected chi connectivity index (χ4v) is 4.03. The maximum absolute atomic E-state index is 11.6. The van der Waals surface area contributed by atoms with Crippen LogP contribution in [0.15, 0.2) is 12.1 Å². The van der Waals surface area contributed by atoms with Gasteiger partial charge in [-0.25, -0.2) is 8.42 Å². The standard InChI is InChI=1S/C10H17N5O4S2/c1-15(2)21(18,19)14-10-4-3-9(12-13-10)11-8-5-6-20(16,17)7-8/h3-4,8H,5-7H2,1-2H3,(H,11,12)(H,13,14). The van der Waals surface area contributed by atoms with Crippen LogP contribution in [0.25, 0.3) is 0 Å². The van der Waals surface area contributed by atoms with Crippen LogP contribution in [-0.2, 0) is 20.0 Å². The Morgan fingerprint density at radius 3 is 2.33 bits per heavy atom. The third kappa shape index (κ3) is 4.25. The van der Waals surface area contributed by atoms with Crippen LogP contribution in [0.5, 0.6) is 0 Å². The molecule has 0 aliphatic carbocycles. The lowest BCUT2D eigenvalue weighted by Gasteiger charge is -2.13. The molecule has 2 heterocycles. The van der Waals surface area contributed by atoms with Gasteiger partial charge in [-0.2, -0.15) is 12.7 Å². The van der Waals surface area contributed by atoms with Crippen molar-refractivity contribution in [1.29, 1.82) is 0 Å². The van der Waals surface area contributed by atoms with Crippen LogP contribution in [0, 0.1) is 0 Å². The number of rotatable bonds is 5. The second-order valence-electron chi connectivity index (χ2n) is 4.94. The Balaban J connectivity index is 2.00. The van der Waals surface area contributed by atoms with E-state index < -0.39 is 20.0 Å². The van der Waals surface area contributed by atoms with Crippen molar-refractivity contribution in [3.05, 3.63) is 12.1 Å². The lowest BCUT2D eigenvalue weighted by molar-refractivity contribution is 0.526. The lowest BCUT2D eigenvalue weighted by Crippen LogP contribution is -2.29. The fraction of sp³-hybridized carbons (Fsp3) is 0.600. The average molecular weight is 335 g/mol. The zero-order chi connectivity index (χ0) is 15.7. The molecule has 0 saturated carbocycles. The van der Waals surface area contributed by atoms with Crippen LogP contribution in [0.3, 0.4) is 0 Å². The molecule has 1 unspecified atom stereocenters. The summed E-state index contributed by atoms with van der Waals surface area (Å²) in [6.07, 6.45) is 0.527. The molecule has 2 rings (SSSR count). The summed E-state index contributed by atoms with van der Waals surface area (Å²) in [5.41, 5.74) is 0. The zero-order valence-corrected chi connectivity index (χ0v) is 13.3. The molecule has 11 heteroatoms. The van der Waals surface area contributed by atoms with E-state index in [1.54, 1.807) is 6.07 Å². The molecule has 1 fully saturated rings. The number of nitrogens with zero attached hydrogens (tertiary/aromatic N) is 3. The van der Waals surface area contributed by atoms with Gasteiger partial charge in [0.15, 0.2) is 15.7 Å². The molecular formula is C10H17N5O4S2. The van der Waals surface area contributed by atoms with Gasteiger partial charge in [0, 0.05) is 20.1 Å². The van der Waals surface area contributed by atoms with Gasteiger partial charge in [0.1, 0.15) is 5.82 Å². The van der Waals surface area contributed by atoms with Gasteiger partial charge in [-0.15, -0.1) is 10.2 Å². The van der Waals surface area contributed by atoms with Gasteiger partial charge >= 0.3 is 10.2 Å². The molecule has 0 radical (unpaired) electrons. The fourth-order valence-electron chi connectivity index (χ4n) is 1.81. The minimum Gasteiger partial charge on any atom is -0.365 e.